The molecular formula is C19H20N4OS. The first kappa shape index (κ1) is 17.2. The number of thioether (sulfide) groups is 1. The van der Waals surface area contributed by atoms with E-state index in [9.17, 15) is 4.79 Å². The van der Waals surface area contributed by atoms with Gasteiger partial charge in [-0.2, -0.15) is 5.10 Å². The van der Waals surface area contributed by atoms with Gasteiger partial charge in [-0.05, 0) is 43.7 Å². The molecule has 0 aliphatic heterocycles. The standard InChI is InChI=1S/C19H20N4OS/c1-14-3-9-18(10-4-14)25-11-19(24)22-15(2)16-5-7-17(8-6-16)23-13-20-12-21-23/h3-10,12-13,15H,11H2,1-2H3,(H,22,24). The summed E-state index contributed by atoms with van der Waals surface area (Å²) in [6, 6.07) is 16.1. The summed E-state index contributed by atoms with van der Waals surface area (Å²) in [5, 5.41) is 7.14. The molecule has 128 valence electrons. The molecule has 0 aliphatic rings. The maximum Gasteiger partial charge on any atom is 0.230 e. The number of carbonyl (C=O) groups is 1. The Morgan fingerprint density at radius 2 is 1.88 bits per heavy atom. The summed E-state index contributed by atoms with van der Waals surface area (Å²) in [5.74, 6) is 0.434. The first-order valence-electron chi connectivity index (χ1n) is 8.05. The molecule has 0 radical (unpaired) electrons. The molecule has 0 aliphatic carbocycles. The quantitative estimate of drug-likeness (QED) is 0.689. The second-order valence-electron chi connectivity index (χ2n) is 5.82. The van der Waals surface area contributed by atoms with Crippen LogP contribution in [0, 0.1) is 6.92 Å². The van der Waals surface area contributed by atoms with Crippen LogP contribution in [-0.4, -0.2) is 26.4 Å². The fourth-order valence-electron chi connectivity index (χ4n) is 2.41. The van der Waals surface area contributed by atoms with Gasteiger partial charge in [-0.3, -0.25) is 4.79 Å². The normalized spacial score (nSPS) is 11.9. The highest BCUT2D eigenvalue weighted by Gasteiger charge is 2.10. The molecule has 3 rings (SSSR count). The van der Waals surface area contributed by atoms with E-state index in [0.717, 1.165) is 16.1 Å². The maximum absolute atomic E-state index is 12.2. The summed E-state index contributed by atoms with van der Waals surface area (Å²) in [4.78, 5) is 17.2. The van der Waals surface area contributed by atoms with Gasteiger partial charge in [-0.1, -0.05) is 29.8 Å². The van der Waals surface area contributed by atoms with E-state index in [1.165, 1.54) is 11.9 Å². The van der Waals surface area contributed by atoms with Crippen LogP contribution in [0.5, 0.6) is 0 Å². The van der Waals surface area contributed by atoms with Crippen molar-refractivity contribution in [3.63, 3.8) is 0 Å². The number of benzene rings is 2. The zero-order valence-electron chi connectivity index (χ0n) is 14.2. The molecule has 1 unspecified atom stereocenters. The molecule has 3 aromatic rings. The van der Waals surface area contributed by atoms with Gasteiger partial charge in [0.15, 0.2) is 0 Å². The minimum atomic E-state index is -0.0454. The molecule has 0 saturated carbocycles. The molecule has 0 spiro atoms. The second-order valence-corrected chi connectivity index (χ2v) is 6.87. The number of aromatic nitrogens is 3. The van der Waals surface area contributed by atoms with Crippen molar-refractivity contribution in [2.24, 2.45) is 0 Å². The highest BCUT2D eigenvalue weighted by atomic mass is 32.2. The van der Waals surface area contributed by atoms with E-state index < -0.39 is 0 Å². The highest BCUT2D eigenvalue weighted by molar-refractivity contribution is 8.00. The van der Waals surface area contributed by atoms with Gasteiger partial charge in [0.1, 0.15) is 12.7 Å². The van der Waals surface area contributed by atoms with Gasteiger partial charge in [-0.15, -0.1) is 11.8 Å². The van der Waals surface area contributed by atoms with Crippen molar-refractivity contribution in [2.75, 3.05) is 5.75 Å². The molecule has 1 aromatic heterocycles. The van der Waals surface area contributed by atoms with Crippen LogP contribution < -0.4 is 5.32 Å². The van der Waals surface area contributed by atoms with E-state index in [-0.39, 0.29) is 11.9 Å². The monoisotopic (exact) mass is 352 g/mol. The number of carbonyl (C=O) groups excluding carboxylic acids is 1. The van der Waals surface area contributed by atoms with Crippen molar-refractivity contribution in [2.45, 2.75) is 24.8 Å². The lowest BCUT2D eigenvalue weighted by Gasteiger charge is -2.15. The summed E-state index contributed by atoms with van der Waals surface area (Å²) < 4.78 is 1.70. The van der Waals surface area contributed by atoms with E-state index in [1.807, 2.05) is 43.3 Å². The Bertz CT molecular complexity index is 814. The van der Waals surface area contributed by atoms with Crippen LogP contribution in [0.4, 0.5) is 0 Å². The lowest BCUT2D eigenvalue weighted by molar-refractivity contribution is -0.119. The molecule has 2 aromatic carbocycles. The molecular weight excluding hydrogens is 332 g/mol. The average molecular weight is 352 g/mol. The third kappa shape index (κ3) is 4.70. The van der Waals surface area contributed by atoms with Crippen LogP contribution in [0.1, 0.15) is 24.1 Å². The average Bonchev–Trinajstić information content (AvgIpc) is 3.16. The fourth-order valence-corrected chi connectivity index (χ4v) is 3.12. The summed E-state index contributed by atoms with van der Waals surface area (Å²) >= 11 is 1.54. The van der Waals surface area contributed by atoms with E-state index in [1.54, 1.807) is 22.8 Å². The first-order valence-corrected chi connectivity index (χ1v) is 9.04. The van der Waals surface area contributed by atoms with E-state index >= 15 is 0 Å². The van der Waals surface area contributed by atoms with Crippen molar-refractivity contribution >= 4 is 17.7 Å². The number of aryl methyl sites for hydroxylation is 1. The summed E-state index contributed by atoms with van der Waals surface area (Å²) in [6.45, 7) is 4.04. The molecule has 6 heteroatoms. The smallest absolute Gasteiger partial charge is 0.230 e. The third-order valence-corrected chi connectivity index (χ3v) is 4.86. The molecule has 5 nitrogen and oxygen atoms in total. The Morgan fingerprint density at radius 1 is 1.16 bits per heavy atom. The number of hydrogen-bond donors (Lipinski definition) is 1. The molecule has 1 N–H and O–H groups in total. The zero-order valence-corrected chi connectivity index (χ0v) is 15.0. The molecule has 0 fully saturated rings. The van der Waals surface area contributed by atoms with Crippen LogP contribution in [0.3, 0.4) is 0 Å². The van der Waals surface area contributed by atoms with Gasteiger partial charge >= 0.3 is 0 Å². The van der Waals surface area contributed by atoms with Crippen LogP contribution in [0.25, 0.3) is 5.69 Å². The van der Waals surface area contributed by atoms with Crippen LogP contribution in [-0.2, 0) is 4.79 Å². The van der Waals surface area contributed by atoms with Gasteiger partial charge < -0.3 is 5.32 Å². The Balaban J connectivity index is 1.53. The van der Waals surface area contributed by atoms with Crippen molar-refractivity contribution in [3.05, 3.63) is 72.3 Å². The van der Waals surface area contributed by atoms with Gasteiger partial charge in [0.25, 0.3) is 0 Å². The van der Waals surface area contributed by atoms with Crippen molar-refractivity contribution < 1.29 is 4.79 Å². The number of nitrogens with one attached hydrogen (secondary N) is 1. The predicted molar refractivity (Wildman–Crippen MR) is 99.8 cm³/mol. The van der Waals surface area contributed by atoms with Gasteiger partial charge in [0.05, 0.1) is 17.5 Å². The topological polar surface area (TPSA) is 59.8 Å². The summed E-state index contributed by atoms with van der Waals surface area (Å²) in [5.41, 5.74) is 3.21. The lowest BCUT2D eigenvalue weighted by atomic mass is 10.1. The number of rotatable bonds is 6. The van der Waals surface area contributed by atoms with E-state index in [2.05, 4.69) is 34.5 Å². The number of amides is 1. The van der Waals surface area contributed by atoms with Crippen molar-refractivity contribution in [1.29, 1.82) is 0 Å². The molecule has 1 amide bonds. The van der Waals surface area contributed by atoms with Gasteiger partial charge in [-0.25, -0.2) is 9.67 Å². The Labute approximate surface area is 151 Å². The van der Waals surface area contributed by atoms with Crippen molar-refractivity contribution in [1.82, 2.24) is 20.1 Å². The van der Waals surface area contributed by atoms with Crippen LogP contribution >= 0.6 is 11.8 Å². The summed E-state index contributed by atoms with van der Waals surface area (Å²) in [6.07, 6.45) is 3.16. The lowest BCUT2D eigenvalue weighted by Crippen LogP contribution is -2.28. The predicted octanol–water partition coefficient (Wildman–Crippen LogP) is 3.55. The van der Waals surface area contributed by atoms with Crippen LogP contribution in [0.2, 0.25) is 0 Å². The molecule has 1 heterocycles. The minimum Gasteiger partial charge on any atom is -0.349 e. The SMILES string of the molecule is Cc1ccc(SCC(=O)NC(C)c2ccc(-n3cncn3)cc2)cc1. The Kier molecular flexibility index (Phi) is 5.50. The highest BCUT2D eigenvalue weighted by Crippen LogP contribution is 2.19. The minimum absolute atomic E-state index is 0.0263. The maximum atomic E-state index is 12.2. The number of nitrogens with zero attached hydrogens (tertiary/aromatic N) is 3. The Morgan fingerprint density at radius 3 is 2.52 bits per heavy atom. The molecule has 0 bridgehead atoms. The first-order chi connectivity index (χ1) is 12.1. The van der Waals surface area contributed by atoms with Crippen LogP contribution in [0.15, 0.2) is 66.1 Å². The summed E-state index contributed by atoms with van der Waals surface area (Å²) in [7, 11) is 0. The third-order valence-electron chi connectivity index (χ3n) is 3.84. The number of hydrogen-bond acceptors (Lipinski definition) is 4. The van der Waals surface area contributed by atoms with E-state index in [4.69, 9.17) is 0 Å². The second kappa shape index (κ2) is 7.98. The molecule has 25 heavy (non-hydrogen) atoms. The largest absolute Gasteiger partial charge is 0.349 e. The molecule has 0 saturated heterocycles. The molecule has 1 atom stereocenters. The zero-order chi connectivity index (χ0) is 17.6. The fraction of sp³-hybridized carbons (Fsp3) is 0.211. The van der Waals surface area contributed by atoms with E-state index in [0.29, 0.717) is 5.75 Å². The van der Waals surface area contributed by atoms with Crippen molar-refractivity contribution in [3.8, 4) is 5.69 Å². The van der Waals surface area contributed by atoms with Gasteiger partial charge in [0, 0.05) is 4.90 Å². The van der Waals surface area contributed by atoms with Gasteiger partial charge in [0.2, 0.25) is 5.91 Å². The Hall–Kier alpha value is -2.60.